The summed E-state index contributed by atoms with van der Waals surface area (Å²) in [6.45, 7) is 8.87. The molecule has 1 aliphatic heterocycles. The van der Waals surface area contributed by atoms with Crippen molar-refractivity contribution in [3.63, 3.8) is 0 Å². The Kier molecular flexibility index (Phi) is 16.5. The van der Waals surface area contributed by atoms with Crippen molar-refractivity contribution in [2.45, 2.75) is 52.6 Å². The molecule has 1 amide bonds. The monoisotopic (exact) mass is 546 g/mol. The van der Waals surface area contributed by atoms with Gasteiger partial charge in [-0.05, 0) is 69.8 Å². The number of aliphatic hydroxyl groups excluding tert-OH is 1. The minimum atomic E-state index is -0.361. The Bertz CT molecular complexity index is 1010. The van der Waals surface area contributed by atoms with Crippen molar-refractivity contribution in [2.24, 2.45) is 0 Å². The number of aliphatic hydroxyl groups is 1. The summed E-state index contributed by atoms with van der Waals surface area (Å²) in [6, 6.07) is 11.0. The van der Waals surface area contributed by atoms with Gasteiger partial charge in [0.2, 0.25) is 6.41 Å². The van der Waals surface area contributed by atoms with Crippen LogP contribution in [-0.4, -0.2) is 86.4 Å². The predicted octanol–water partition coefficient (Wildman–Crippen LogP) is 2.53. The molecule has 1 heterocycles. The maximum absolute atomic E-state index is 14.6. The number of nitrogens with zero attached hydrogens (tertiary/aromatic N) is 2. The second kappa shape index (κ2) is 19.0. The maximum atomic E-state index is 14.6. The number of rotatable bonds is 11. The molecular formula is C29H43FN4O5. The molecular weight excluding hydrogens is 503 g/mol. The van der Waals surface area contributed by atoms with Crippen LogP contribution in [0.4, 0.5) is 10.1 Å². The van der Waals surface area contributed by atoms with Gasteiger partial charge in [-0.2, -0.15) is 0 Å². The van der Waals surface area contributed by atoms with Crippen molar-refractivity contribution >= 4 is 24.7 Å². The van der Waals surface area contributed by atoms with E-state index in [1.807, 2.05) is 51.4 Å². The minimum absolute atomic E-state index is 0.0344. The van der Waals surface area contributed by atoms with Gasteiger partial charge in [0.15, 0.2) is 0 Å². The van der Waals surface area contributed by atoms with Crippen molar-refractivity contribution < 1.29 is 28.6 Å². The van der Waals surface area contributed by atoms with E-state index in [1.165, 1.54) is 11.0 Å². The first-order valence-electron chi connectivity index (χ1n) is 13.0. The molecule has 1 aliphatic rings. The summed E-state index contributed by atoms with van der Waals surface area (Å²) in [6.07, 6.45) is 2.17. The fraction of sp³-hybridized carbons (Fsp3) is 0.483. The fourth-order valence-corrected chi connectivity index (χ4v) is 4.25. The van der Waals surface area contributed by atoms with Gasteiger partial charge in [-0.1, -0.05) is 18.2 Å². The molecule has 1 saturated heterocycles. The van der Waals surface area contributed by atoms with Gasteiger partial charge >= 0.3 is 0 Å². The quantitative estimate of drug-likeness (QED) is 0.369. The number of anilines is 1. The Morgan fingerprint density at radius 1 is 1.10 bits per heavy atom. The summed E-state index contributed by atoms with van der Waals surface area (Å²) in [7, 11) is 3.75. The van der Waals surface area contributed by atoms with Crippen LogP contribution in [0.15, 0.2) is 36.4 Å². The fourth-order valence-electron chi connectivity index (χ4n) is 4.25. The Labute approximate surface area is 231 Å². The number of ether oxygens (including phenoxy) is 1. The largest absolute Gasteiger partial charge is 0.389 e. The second-order valence-electron chi connectivity index (χ2n) is 9.38. The van der Waals surface area contributed by atoms with Gasteiger partial charge in [-0.3, -0.25) is 9.69 Å². The molecule has 2 unspecified atom stereocenters. The number of aryl methyl sites for hydroxylation is 1. The number of hydrogen-bond donors (Lipinski definition) is 3. The van der Waals surface area contributed by atoms with Gasteiger partial charge in [0.25, 0.3) is 0 Å². The van der Waals surface area contributed by atoms with Crippen molar-refractivity contribution in [3.8, 4) is 0 Å². The SMILES string of the molecule is CNC.Cc1cccc(NCc2cc(CN3CC(C)OC(C)C3)ccc2F)c1CN(C=O)CC=O.O=CCO. The van der Waals surface area contributed by atoms with Crippen molar-refractivity contribution in [1.82, 2.24) is 15.1 Å². The first-order chi connectivity index (χ1) is 18.7. The number of nitrogens with one attached hydrogen (secondary N) is 2. The second-order valence-corrected chi connectivity index (χ2v) is 9.38. The van der Waals surface area contributed by atoms with E-state index in [9.17, 15) is 14.0 Å². The molecule has 0 spiro atoms. The topological polar surface area (TPSA) is 111 Å². The van der Waals surface area contributed by atoms with E-state index < -0.39 is 0 Å². The first-order valence-corrected chi connectivity index (χ1v) is 13.0. The average molecular weight is 547 g/mol. The van der Waals surface area contributed by atoms with Crippen LogP contribution in [0.1, 0.15) is 36.1 Å². The molecule has 2 atom stereocenters. The van der Waals surface area contributed by atoms with E-state index >= 15 is 0 Å². The van der Waals surface area contributed by atoms with Crippen LogP contribution in [0.2, 0.25) is 0 Å². The van der Waals surface area contributed by atoms with Gasteiger partial charge in [0.1, 0.15) is 18.4 Å². The smallest absolute Gasteiger partial charge is 0.210 e. The molecule has 2 aromatic carbocycles. The minimum Gasteiger partial charge on any atom is -0.389 e. The molecule has 10 heteroatoms. The number of amides is 1. The Hall–Kier alpha value is -3.18. The van der Waals surface area contributed by atoms with Crippen molar-refractivity contribution in [3.05, 3.63) is 64.5 Å². The van der Waals surface area contributed by atoms with Crippen LogP contribution in [0.5, 0.6) is 0 Å². The standard InChI is InChI=1S/C25H32FN3O3.C2H7N.C2H4O2/c1-18-5-4-6-25(23(18)16-28(17-31)9-10-30)27-12-22-11-21(7-8-24(22)26)15-29-13-19(2)32-20(3)14-29;1-3-2;3-1-2-4/h4-8,10-11,17,19-20,27H,9,12-16H2,1-3H3;3H,1-2H3;1,4H,2H2. The number of carbonyl (C=O) groups excluding carboxylic acids is 3. The molecule has 0 aromatic heterocycles. The lowest BCUT2D eigenvalue weighted by Gasteiger charge is -2.35. The van der Waals surface area contributed by atoms with Gasteiger partial charge < -0.3 is 35.0 Å². The lowest BCUT2D eigenvalue weighted by molar-refractivity contribution is -0.122. The maximum Gasteiger partial charge on any atom is 0.210 e. The number of hydrogen-bond acceptors (Lipinski definition) is 8. The van der Waals surface area contributed by atoms with Crippen LogP contribution >= 0.6 is 0 Å². The van der Waals surface area contributed by atoms with Crippen molar-refractivity contribution in [2.75, 3.05) is 45.7 Å². The molecule has 3 N–H and O–H groups in total. The predicted molar refractivity (Wildman–Crippen MR) is 151 cm³/mol. The van der Waals surface area contributed by atoms with Gasteiger partial charge in [-0.25, -0.2) is 4.39 Å². The molecule has 0 aliphatic carbocycles. The summed E-state index contributed by atoms with van der Waals surface area (Å²) in [5.74, 6) is -0.255. The lowest BCUT2D eigenvalue weighted by Crippen LogP contribution is -2.44. The lowest BCUT2D eigenvalue weighted by atomic mass is 10.0. The highest BCUT2D eigenvalue weighted by Gasteiger charge is 2.22. The number of morpholine rings is 1. The molecule has 0 radical (unpaired) electrons. The molecule has 0 saturated carbocycles. The molecule has 216 valence electrons. The van der Waals surface area contributed by atoms with Gasteiger partial charge in [0.05, 0.1) is 25.4 Å². The van der Waals surface area contributed by atoms with Crippen molar-refractivity contribution in [1.29, 1.82) is 0 Å². The van der Waals surface area contributed by atoms with E-state index in [-0.39, 0.29) is 31.2 Å². The number of aldehydes is 2. The number of halogens is 1. The Morgan fingerprint density at radius 3 is 2.31 bits per heavy atom. The third-order valence-corrected chi connectivity index (χ3v) is 5.78. The molecule has 3 rings (SSSR count). The summed E-state index contributed by atoms with van der Waals surface area (Å²) in [5, 5.41) is 13.6. The highest BCUT2D eigenvalue weighted by molar-refractivity contribution is 5.61. The van der Waals surface area contributed by atoms with E-state index in [4.69, 9.17) is 14.6 Å². The molecule has 1 fully saturated rings. The third-order valence-electron chi connectivity index (χ3n) is 5.78. The van der Waals surface area contributed by atoms with Crippen LogP contribution in [0.25, 0.3) is 0 Å². The average Bonchev–Trinajstić information content (AvgIpc) is 2.90. The van der Waals surface area contributed by atoms with Crippen LogP contribution in [0, 0.1) is 12.7 Å². The van der Waals surface area contributed by atoms with E-state index in [0.29, 0.717) is 37.6 Å². The molecule has 39 heavy (non-hydrogen) atoms. The Morgan fingerprint density at radius 2 is 1.74 bits per heavy atom. The highest BCUT2D eigenvalue weighted by atomic mass is 19.1. The zero-order chi connectivity index (χ0) is 29.2. The molecule has 0 bridgehead atoms. The van der Waals surface area contributed by atoms with E-state index in [0.717, 1.165) is 42.0 Å². The summed E-state index contributed by atoms with van der Waals surface area (Å²) in [5.41, 5.74) is 4.38. The summed E-state index contributed by atoms with van der Waals surface area (Å²) in [4.78, 5) is 34.8. The third kappa shape index (κ3) is 12.5. The zero-order valence-corrected chi connectivity index (χ0v) is 23.7. The van der Waals surface area contributed by atoms with Crippen LogP contribution < -0.4 is 10.6 Å². The summed E-state index contributed by atoms with van der Waals surface area (Å²) < 4.78 is 20.4. The number of carbonyl (C=O) groups is 3. The van der Waals surface area contributed by atoms with Gasteiger partial charge in [0, 0.05) is 44.0 Å². The summed E-state index contributed by atoms with van der Waals surface area (Å²) >= 11 is 0. The molecule has 9 nitrogen and oxygen atoms in total. The van der Waals surface area contributed by atoms with Gasteiger partial charge in [-0.15, -0.1) is 0 Å². The van der Waals surface area contributed by atoms with E-state index in [2.05, 4.69) is 29.4 Å². The van der Waals surface area contributed by atoms with Crippen LogP contribution in [-0.2, 0) is 38.8 Å². The number of benzene rings is 2. The normalized spacial score (nSPS) is 16.6. The van der Waals surface area contributed by atoms with E-state index in [1.54, 1.807) is 0 Å². The first kappa shape index (κ1) is 33.8. The van der Waals surface area contributed by atoms with Crippen LogP contribution in [0.3, 0.4) is 0 Å². The zero-order valence-electron chi connectivity index (χ0n) is 23.7. The Balaban J connectivity index is 0.000000975. The highest BCUT2D eigenvalue weighted by Crippen LogP contribution is 2.23. The molecule has 2 aromatic rings.